The van der Waals surface area contributed by atoms with Crippen molar-refractivity contribution < 1.29 is 9.47 Å². The molecule has 5 nitrogen and oxygen atoms in total. The lowest BCUT2D eigenvalue weighted by atomic mass is 9.64. The van der Waals surface area contributed by atoms with Gasteiger partial charge in [-0.3, -0.25) is 0 Å². The zero-order valence-corrected chi connectivity index (χ0v) is 13.5. The molecule has 21 heavy (non-hydrogen) atoms. The fourth-order valence-electron chi connectivity index (χ4n) is 2.64. The first kappa shape index (κ1) is 15.9. The van der Waals surface area contributed by atoms with E-state index in [1.54, 1.807) is 0 Å². The molecule has 1 aliphatic carbocycles. The second kappa shape index (κ2) is 6.52. The summed E-state index contributed by atoms with van der Waals surface area (Å²) < 4.78 is 11.3. The second-order valence-electron chi connectivity index (χ2n) is 6.14. The van der Waals surface area contributed by atoms with E-state index < -0.39 is 0 Å². The highest BCUT2D eigenvalue weighted by molar-refractivity contribution is 5.54. The van der Waals surface area contributed by atoms with Gasteiger partial charge < -0.3 is 20.5 Å². The van der Waals surface area contributed by atoms with Crippen LogP contribution in [0.25, 0.3) is 0 Å². The van der Waals surface area contributed by atoms with Gasteiger partial charge in [-0.1, -0.05) is 20.8 Å². The Morgan fingerprint density at radius 3 is 2.76 bits per heavy atom. The third-order valence-corrected chi connectivity index (χ3v) is 4.20. The second-order valence-corrected chi connectivity index (χ2v) is 6.14. The van der Waals surface area contributed by atoms with Crippen LogP contribution in [0.2, 0.25) is 0 Å². The maximum atomic E-state index is 5.89. The third kappa shape index (κ3) is 3.40. The predicted octanol–water partition coefficient (Wildman–Crippen LogP) is 3.07. The largest absolute Gasteiger partial charge is 0.476 e. The SMILES string of the molecule is CCCOc1nc(NC2CC(OCC)C2(C)C)ccc1N. The van der Waals surface area contributed by atoms with Crippen molar-refractivity contribution >= 4 is 11.5 Å². The Morgan fingerprint density at radius 2 is 2.14 bits per heavy atom. The number of hydrogen-bond acceptors (Lipinski definition) is 5. The number of pyridine rings is 1. The molecular formula is C16H27N3O2. The third-order valence-electron chi connectivity index (χ3n) is 4.20. The zero-order valence-electron chi connectivity index (χ0n) is 13.5. The lowest BCUT2D eigenvalue weighted by molar-refractivity contribution is -0.0976. The Balaban J connectivity index is 2.01. The molecule has 1 aromatic rings. The minimum atomic E-state index is 0.101. The van der Waals surface area contributed by atoms with Crippen molar-refractivity contribution in [3.63, 3.8) is 0 Å². The molecule has 2 unspecified atom stereocenters. The van der Waals surface area contributed by atoms with E-state index in [9.17, 15) is 0 Å². The van der Waals surface area contributed by atoms with Crippen molar-refractivity contribution in [2.24, 2.45) is 5.41 Å². The van der Waals surface area contributed by atoms with Crippen LogP contribution in [0.4, 0.5) is 11.5 Å². The summed E-state index contributed by atoms with van der Waals surface area (Å²) in [7, 11) is 0. The molecule has 2 atom stereocenters. The Morgan fingerprint density at radius 1 is 1.38 bits per heavy atom. The molecule has 0 aliphatic heterocycles. The van der Waals surface area contributed by atoms with Crippen molar-refractivity contribution in [3.05, 3.63) is 12.1 Å². The Labute approximate surface area is 127 Å². The van der Waals surface area contributed by atoms with Crippen LogP contribution in [0.5, 0.6) is 5.88 Å². The number of nitrogens with two attached hydrogens (primary N) is 1. The molecule has 1 saturated carbocycles. The van der Waals surface area contributed by atoms with E-state index in [2.05, 4.69) is 31.1 Å². The average molecular weight is 293 g/mol. The molecule has 1 aromatic heterocycles. The van der Waals surface area contributed by atoms with Crippen molar-refractivity contribution in [2.75, 3.05) is 24.3 Å². The molecule has 1 fully saturated rings. The molecule has 0 radical (unpaired) electrons. The molecule has 118 valence electrons. The average Bonchev–Trinajstić information content (AvgIpc) is 2.46. The van der Waals surface area contributed by atoms with Gasteiger partial charge in [0.1, 0.15) is 5.82 Å². The van der Waals surface area contributed by atoms with E-state index in [1.807, 2.05) is 19.1 Å². The van der Waals surface area contributed by atoms with Crippen LogP contribution in [-0.4, -0.2) is 30.3 Å². The van der Waals surface area contributed by atoms with Gasteiger partial charge in [0, 0.05) is 18.1 Å². The molecule has 5 heteroatoms. The van der Waals surface area contributed by atoms with E-state index in [4.69, 9.17) is 15.2 Å². The minimum Gasteiger partial charge on any atom is -0.476 e. The molecule has 0 aromatic carbocycles. The van der Waals surface area contributed by atoms with Gasteiger partial charge in [0.2, 0.25) is 5.88 Å². The molecule has 0 amide bonds. The first-order valence-electron chi connectivity index (χ1n) is 7.76. The highest BCUT2D eigenvalue weighted by Crippen LogP contribution is 2.44. The minimum absolute atomic E-state index is 0.101. The summed E-state index contributed by atoms with van der Waals surface area (Å²) in [4.78, 5) is 4.47. The topological polar surface area (TPSA) is 69.4 Å². The van der Waals surface area contributed by atoms with Gasteiger partial charge in [-0.25, -0.2) is 0 Å². The Hall–Kier alpha value is -1.49. The summed E-state index contributed by atoms with van der Waals surface area (Å²) in [6.45, 7) is 9.93. The van der Waals surface area contributed by atoms with Crippen LogP contribution in [-0.2, 0) is 4.74 Å². The fraction of sp³-hybridized carbons (Fsp3) is 0.688. The van der Waals surface area contributed by atoms with E-state index in [0.29, 0.717) is 30.3 Å². The van der Waals surface area contributed by atoms with Crippen molar-refractivity contribution in [2.45, 2.75) is 52.7 Å². The lowest BCUT2D eigenvalue weighted by Gasteiger charge is -2.51. The smallest absolute Gasteiger partial charge is 0.239 e. The first-order valence-corrected chi connectivity index (χ1v) is 7.76. The van der Waals surface area contributed by atoms with Crippen LogP contribution >= 0.6 is 0 Å². The van der Waals surface area contributed by atoms with Crippen molar-refractivity contribution in [1.29, 1.82) is 0 Å². The highest BCUT2D eigenvalue weighted by Gasteiger charge is 2.49. The van der Waals surface area contributed by atoms with Gasteiger partial charge in [0.25, 0.3) is 0 Å². The van der Waals surface area contributed by atoms with Crippen molar-refractivity contribution in [1.82, 2.24) is 4.98 Å². The zero-order chi connectivity index (χ0) is 15.5. The summed E-state index contributed by atoms with van der Waals surface area (Å²) in [5.41, 5.74) is 6.57. The van der Waals surface area contributed by atoms with Crippen LogP contribution < -0.4 is 15.8 Å². The molecule has 1 aliphatic rings. The van der Waals surface area contributed by atoms with Gasteiger partial charge in [-0.2, -0.15) is 4.98 Å². The molecule has 0 saturated heterocycles. The van der Waals surface area contributed by atoms with Crippen LogP contribution in [0, 0.1) is 5.41 Å². The van der Waals surface area contributed by atoms with Gasteiger partial charge >= 0.3 is 0 Å². The summed E-state index contributed by atoms with van der Waals surface area (Å²) in [5, 5.41) is 3.47. The fourth-order valence-corrected chi connectivity index (χ4v) is 2.64. The normalized spacial score (nSPS) is 23.4. The number of ether oxygens (including phenoxy) is 2. The van der Waals surface area contributed by atoms with Gasteiger partial charge in [-0.05, 0) is 31.9 Å². The summed E-state index contributed by atoms with van der Waals surface area (Å²) >= 11 is 0. The standard InChI is InChI=1S/C16H27N3O2/c1-5-9-21-15-11(17)7-8-14(19-15)18-12-10-13(20-6-2)16(12,3)4/h7-8,12-13H,5-6,9-10,17H2,1-4H3,(H,18,19). The Bertz CT molecular complexity index is 477. The number of anilines is 2. The number of aromatic nitrogens is 1. The monoisotopic (exact) mass is 293 g/mol. The van der Waals surface area contributed by atoms with E-state index >= 15 is 0 Å². The predicted molar refractivity (Wildman–Crippen MR) is 85.7 cm³/mol. The molecule has 0 spiro atoms. The van der Waals surface area contributed by atoms with Crippen LogP contribution in [0.15, 0.2) is 12.1 Å². The van der Waals surface area contributed by atoms with E-state index in [0.717, 1.165) is 25.3 Å². The number of rotatable bonds is 7. The number of nitrogens with one attached hydrogen (secondary N) is 1. The van der Waals surface area contributed by atoms with E-state index in [1.165, 1.54) is 0 Å². The first-order chi connectivity index (χ1) is 9.98. The number of nitrogen functional groups attached to an aromatic ring is 1. The maximum absolute atomic E-state index is 5.89. The molecule has 1 heterocycles. The lowest BCUT2D eigenvalue weighted by Crippen LogP contribution is -2.58. The van der Waals surface area contributed by atoms with E-state index in [-0.39, 0.29) is 5.41 Å². The quantitative estimate of drug-likeness (QED) is 0.808. The van der Waals surface area contributed by atoms with Crippen molar-refractivity contribution in [3.8, 4) is 5.88 Å². The van der Waals surface area contributed by atoms with Crippen LogP contribution in [0.1, 0.15) is 40.5 Å². The molecule has 2 rings (SSSR count). The maximum Gasteiger partial charge on any atom is 0.239 e. The van der Waals surface area contributed by atoms with Gasteiger partial charge in [-0.15, -0.1) is 0 Å². The summed E-state index contributed by atoms with van der Waals surface area (Å²) in [6, 6.07) is 4.09. The summed E-state index contributed by atoms with van der Waals surface area (Å²) in [6.07, 6.45) is 2.24. The van der Waals surface area contributed by atoms with Gasteiger partial charge in [0.05, 0.1) is 18.4 Å². The summed E-state index contributed by atoms with van der Waals surface area (Å²) in [5.74, 6) is 1.32. The van der Waals surface area contributed by atoms with Gasteiger partial charge in [0.15, 0.2) is 0 Å². The number of hydrogen-bond donors (Lipinski definition) is 2. The van der Waals surface area contributed by atoms with Crippen LogP contribution in [0.3, 0.4) is 0 Å². The number of nitrogens with zero attached hydrogens (tertiary/aromatic N) is 1. The Kier molecular flexibility index (Phi) is 4.93. The molecule has 0 bridgehead atoms. The highest BCUT2D eigenvalue weighted by atomic mass is 16.5. The molecular weight excluding hydrogens is 266 g/mol. The molecule has 3 N–H and O–H groups in total.